The molecule has 0 spiro atoms. The molecule has 1 amide bonds. The summed E-state index contributed by atoms with van der Waals surface area (Å²) >= 11 is 0. The second kappa shape index (κ2) is 8.16. The number of amides is 1. The van der Waals surface area contributed by atoms with E-state index in [9.17, 15) is 14.9 Å². The number of hydrogen-bond donors (Lipinski definition) is 1. The van der Waals surface area contributed by atoms with E-state index in [1.54, 1.807) is 20.8 Å². The first-order chi connectivity index (χ1) is 13.8. The number of ether oxygens (including phenoxy) is 1. The predicted octanol–water partition coefficient (Wildman–Crippen LogP) is 4.41. The molecule has 1 N–H and O–H groups in total. The van der Waals surface area contributed by atoms with Crippen LogP contribution < -0.4 is 5.32 Å². The summed E-state index contributed by atoms with van der Waals surface area (Å²) in [7, 11) is 0. The highest BCUT2D eigenvalue weighted by molar-refractivity contribution is 5.97. The summed E-state index contributed by atoms with van der Waals surface area (Å²) < 4.78 is 12.7. The minimum absolute atomic E-state index is 0.271. The molecular formula is C22H27N3O4. The van der Waals surface area contributed by atoms with Gasteiger partial charge in [-0.2, -0.15) is 5.26 Å². The number of carbonyl (C=O) groups is 2. The summed E-state index contributed by atoms with van der Waals surface area (Å²) in [5.74, 6) is 0.562. The van der Waals surface area contributed by atoms with Crippen LogP contribution in [0.2, 0.25) is 0 Å². The summed E-state index contributed by atoms with van der Waals surface area (Å²) in [6.45, 7) is 8.67. The molecular weight excluding hydrogens is 370 g/mol. The van der Waals surface area contributed by atoms with E-state index in [0.717, 1.165) is 36.9 Å². The number of hydrogen-bond acceptors (Lipinski definition) is 5. The number of esters is 1. The van der Waals surface area contributed by atoms with E-state index < -0.39 is 18.5 Å². The number of aryl methyl sites for hydroxylation is 2. The lowest BCUT2D eigenvalue weighted by Gasteiger charge is -2.19. The largest absolute Gasteiger partial charge is 0.465 e. The van der Waals surface area contributed by atoms with Crippen LogP contribution in [0, 0.1) is 45.9 Å². The molecule has 1 aliphatic carbocycles. The lowest BCUT2D eigenvalue weighted by Crippen LogP contribution is -2.24. The van der Waals surface area contributed by atoms with Crippen LogP contribution in [0.4, 0.5) is 5.82 Å². The van der Waals surface area contributed by atoms with Crippen LogP contribution in [0.15, 0.2) is 4.42 Å². The zero-order chi connectivity index (χ0) is 21.3. The minimum atomic E-state index is -0.592. The molecule has 7 heteroatoms. The molecule has 29 heavy (non-hydrogen) atoms. The Labute approximate surface area is 170 Å². The van der Waals surface area contributed by atoms with Crippen LogP contribution in [-0.2, 0) is 9.53 Å². The first kappa shape index (κ1) is 20.7. The van der Waals surface area contributed by atoms with Gasteiger partial charge in [0.15, 0.2) is 6.61 Å². The van der Waals surface area contributed by atoms with Gasteiger partial charge in [-0.3, -0.25) is 4.79 Å². The van der Waals surface area contributed by atoms with E-state index in [-0.39, 0.29) is 6.04 Å². The highest BCUT2D eigenvalue weighted by atomic mass is 16.5. The summed E-state index contributed by atoms with van der Waals surface area (Å²) in [4.78, 5) is 24.9. The molecule has 1 aliphatic rings. The van der Waals surface area contributed by atoms with Crippen molar-refractivity contribution in [3.63, 3.8) is 0 Å². The maximum Gasteiger partial charge on any atom is 0.342 e. The molecule has 2 aromatic rings. The molecule has 0 atom stereocenters. The number of furan rings is 1. The first-order valence-electron chi connectivity index (χ1n) is 9.91. The van der Waals surface area contributed by atoms with Gasteiger partial charge in [0.25, 0.3) is 5.91 Å². The molecule has 154 valence electrons. The Morgan fingerprint density at radius 1 is 1.14 bits per heavy atom. The van der Waals surface area contributed by atoms with Crippen LogP contribution in [0.25, 0.3) is 0 Å². The van der Waals surface area contributed by atoms with Gasteiger partial charge in [-0.25, -0.2) is 4.79 Å². The second-order valence-electron chi connectivity index (χ2n) is 7.69. The minimum Gasteiger partial charge on any atom is -0.465 e. The van der Waals surface area contributed by atoms with Crippen molar-refractivity contribution < 1.29 is 18.7 Å². The van der Waals surface area contributed by atoms with Gasteiger partial charge in [0.05, 0.1) is 5.56 Å². The van der Waals surface area contributed by atoms with Gasteiger partial charge in [0, 0.05) is 17.3 Å². The highest BCUT2D eigenvalue weighted by Crippen LogP contribution is 2.37. The monoisotopic (exact) mass is 397 g/mol. The Kier molecular flexibility index (Phi) is 5.83. The molecule has 0 saturated heterocycles. The predicted molar refractivity (Wildman–Crippen MR) is 108 cm³/mol. The van der Waals surface area contributed by atoms with Gasteiger partial charge in [-0.05, 0) is 53.0 Å². The van der Waals surface area contributed by atoms with Crippen molar-refractivity contribution in [3.05, 3.63) is 39.5 Å². The van der Waals surface area contributed by atoms with Crippen LogP contribution in [0.1, 0.15) is 76.0 Å². The van der Waals surface area contributed by atoms with Crippen molar-refractivity contribution >= 4 is 17.7 Å². The molecule has 0 aromatic carbocycles. The van der Waals surface area contributed by atoms with E-state index in [2.05, 4.69) is 16.0 Å². The zero-order valence-corrected chi connectivity index (χ0v) is 17.6. The Balaban J connectivity index is 1.76. The van der Waals surface area contributed by atoms with Crippen molar-refractivity contribution in [1.82, 2.24) is 4.57 Å². The Morgan fingerprint density at radius 2 is 1.79 bits per heavy atom. The van der Waals surface area contributed by atoms with Crippen LogP contribution >= 0.6 is 0 Å². The van der Waals surface area contributed by atoms with Crippen LogP contribution in [0.3, 0.4) is 0 Å². The molecule has 0 bridgehead atoms. The molecule has 1 saturated carbocycles. The Morgan fingerprint density at radius 3 is 2.34 bits per heavy atom. The van der Waals surface area contributed by atoms with Crippen molar-refractivity contribution in [2.24, 2.45) is 0 Å². The maximum absolute atomic E-state index is 12.5. The third kappa shape index (κ3) is 3.80. The van der Waals surface area contributed by atoms with Gasteiger partial charge >= 0.3 is 5.97 Å². The third-order valence-electron chi connectivity index (χ3n) is 5.92. The normalized spacial score (nSPS) is 14.1. The summed E-state index contributed by atoms with van der Waals surface area (Å²) in [5, 5.41) is 12.4. The van der Waals surface area contributed by atoms with E-state index in [1.165, 1.54) is 0 Å². The summed E-state index contributed by atoms with van der Waals surface area (Å²) in [6, 6.07) is 2.48. The van der Waals surface area contributed by atoms with E-state index in [0.29, 0.717) is 34.0 Å². The molecule has 1 fully saturated rings. The fourth-order valence-corrected chi connectivity index (χ4v) is 4.17. The first-order valence-corrected chi connectivity index (χ1v) is 9.91. The van der Waals surface area contributed by atoms with Gasteiger partial charge in [0.1, 0.15) is 29.0 Å². The van der Waals surface area contributed by atoms with Gasteiger partial charge in [0.2, 0.25) is 0 Å². The van der Waals surface area contributed by atoms with E-state index in [4.69, 9.17) is 9.15 Å². The highest BCUT2D eigenvalue weighted by Gasteiger charge is 2.27. The molecule has 0 unspecified atom stereocenters. The molecule has 0 radical (unpaired) electrons. The van der Waals surface area contributed by atoms with Crippen LogP contribution in [0.5, 0.6) is 0 Å². The second-order valence-corrected chi connectivity index (χ2v) is 7.69. The van der Waals surface area contributed by atoms with Crippen LogP contribution in [-0.4, -0.2) is 23.1 Å². The molecule has 2 heterocycles. The van der Waals surface area contributed by atoms with Gasteiger partial charge in [-0.1, -0.05) is 12.8 Å². The number of nitrogens with zero attached hydrogens (tertiary/aromatic N) is 2. The number of nitrogens with one attached hydrogen (secondary N) is 1. The third-order valence-corrected chi connectivity index (χ3v) is 5.92. The van der Waals surface area contributed by atoms with Crippen molar-refractivity contribution in [3.8, 4) is 6.07 Å². The fraction of sp³-hybridized carbons (Fsp3) is 0.500. The number of carbonyl (C=O) groups excluding carboxylic acids is 2. The van der Waals surface area contributed by atoms with E-state index in [1.807, 2.05) is 13.8 Å². The Hall–Kier alpha value is -3.01. The smallest absolute Gasteiger partial charge is 0.342 e. The van der Waals surface area contributed by atoms with E-state index >= 15 is 0 Å². The fourth-order valence-electron chi connectivity index (χ4n) is 4.17. The number of anilines is 1. The van der Waals surface area contributed by atoms with Crippen molar-refractivity contribution in [2.75, 3.05) is 11.9 Å². The number of nitriles is 1. The lowest BCUT2D eigenvalue weighted by atomic mass is 10.1. The van der Waals surface area contributed by atoms with Crippen molar-refractivity contribution in [2.45, 2.75) is 66.3 Å². The standard InChI is InChI=1S/C22H27N3O4/c1-12-14(3)25(17-8-6-7-9-17)21(18(12)10-23)24-19(26)11-28-22(27)20-13(2)15(4)29-16(20)5/h17H,6-9,11H2,1-5H3,(H,24,26). The summed E-state index contributed by atoms with van der Waals surface area (Å²) in [6.07, 6.45) is 4.32. The maximum atomic E-state index is 12.5. The topological polar surface area (TPSA) is 97.3 Å². The average molecular weight is 397 g/mol. The SMILES string of the molecule is Cc1oc(C)c(C(=O)OCC(=O)Nc2c(C#N)c(C)c(C)n2C2CCCC2)c1C. The molecule has 7 nitrogen and oxygen atoms in total. The quantitative estimate of drug-likeness (QED) is 0.754. The average Bonchev–Trinajstić information content (AvgIpc) is 3.33. The molecule has 3 rings (SSSR count). The number of aromatic nitrogens is 1. The number of rotatable bonds is 5. The molecule has 2 aromatic heterocycles. The van der Waals surface area contributed by atoms with Crippen molar-refractivity contribution in [1.29, 1.82) is 5.26 Å². The zero-order valence-electron chi connectivity index (χ0n) is 17.6. The summed E-state index contributed by atoms with van der Waals surface area (Å²) in [5.41, 5.74) is 3.38. The van der Waals surface area contributed by atoms with Gasteiger partial charge in [-0.15, -0.1) is 0 Å². The molecule has 0 aliphatic heterocycles. The Bertz CT molecular complexity index is 1000. The lowest BCUT2D eigenvalue weighted by molar-refractivity contribution is -0.119. The van der Waals surface area contributed by atoms with Gasteiger partial charge < -0.3 is 19.0 Å².